The smallest absolute Gasteiger partial charge is 0.372 e. The summed E-state index contributed by atoms with van der Waals surface area (Å²) in [5, 5.41) is 20.3. The molecule has 2 aromatic carbocycles. The van der Waals surface area contributed by atoms with Crippen molar-refractivity contribution in [3.05, 3.63) is 64.2 Å². The van der Waals surface area contributed by atoms with Crippen molar-refractivity contribution >= 4 is 17.4 Å². The number of carboxylic acids is 1. The van der Waals surface area contributed by atoms with Crippen molar-refractivity contribution in [2.75, 3.05) is 18.0 Å². The van der Waals surface area contributed by atoms with Gasteiger partial charge in [0.15, 0.2) is 0 Å². The molecule has 0 unspecified atom stereocenters. The Morgan fingerprint density at radius 2 is 1.81 bits per heavy atom. The standard InChI is InChI=1S/C23H26N2O6/c1-2-10-23(25(29)30)11-13-24(14-12-23)18-4-3-5-20(16-18)31-19-8-6-17(7-9-19)15-21(26)22(27)28/h3-9,16H,2,10-15H2,1H3,(H,27,28). The zero-order valence-electron chi connectivity index (χ0n) is 17.5. The summed E-state index contributed by atoms with van der Waals surface area (Å²) in [5.74, 6) is -1.10. The van der Waals surface area contributed by atoms with Crippen LogP contribution in [-0.2, 0) is 16.0 Å². The molecule has 1 saturated heterocycles. The van der Waals surface area contributed by atoms with E-state index in [-0.39, 0.29) is 11.3 Å². The number of nitrogens with zero attached hydrogens (tertiary/aromatic N) is 2. The fourth-order valence-corrected chi connectivity index (χ4v) is 3.99. The SMILES string of the molecule is CCCC1([N+](=O)[O-])CCN(c2cccc(Oc3ccc(CC(=O)C(=O)O)cc3)c2)CC1. The van der Waals surface area contributed by atoms with Crippen LogP contribution in [0.25, 0.3) is 0 Å². The van der Waals surface area contributed by atoms with E-state index in [1.807, 2.05) is 31.2 Å². The predicted octanol–water partition coefficient (Wildman–Crippen LogP) is 4.09. The number of carbonyl (C=O) groups is 2. The van der Waals surface area contributed by atoms with E-state index >= 15 is 0 Å². The van der Waals surface area contributed by atoms with Gasteiger partial charge < -0.3 is 14.7 Å². The van der Waals surface area contributed by atoms with Crippen LogP contribution in [0.5, 0.6) is 11.5 Å². The first kappa shape index (κ1) is 22.3. The number of rotatable bonds is 9. The fourth-order valence-electron chi connectivity index (χ4n) is 3.99. The highest BCUT2D eigenvalue weighted by atomic mass is 16.6. The quantitative estimate of drug-likeness (QED) is 0.365. The molecular weight excluding hydrogens is 400 g/mol. The number of aliphatic carboxylic acids is 1. The number of nitro groups is 1. The maximum atomic E-state index is 11.6. The molecule has 164 valence electrons. The van der Waals surface area contributed by atoms with Gasteiger partial charge in [0.1, 0.15) is 11.5 Å². The summed E-state index contributed by atoms with van der Waals surface area (Å²) in [7, 11) is 0. The monoisotopic (exact) mass is 426 g/mol. The molecule has 2 aromatic rings. The van der Waals surface area contributed by atoms with Crippen molar-refractivity contribution in [2.45, 2.75) is 44.6 Å². The Kier molecular flexibility index (Phi) is 6.89. The van der Waals surface area contributed by atoms with Crippen LogP contribution in [-0.4, -0.2) is 40.4 Å². The topological polar surface area (TPSA) is 110 Å². The number of piperidine rings is 1. The van der Waals surface area contributed by atoms with E-state index in [1.54, 1.807) is 24.3 Å². The Morgan fingerprint density at radius 3 is 2.39 bits per heavy atom. The molecule has 8 heteroatoms. The lowest BCUT2D eigenvalue weighted by atomic mass is 9.84. The van der Waals surface area contributed by atoms with Crippen LogP contribution in [0.15, 0.2) is 48.5 Å². The van der Waals surface area contributed by atoms with Crippen molar-refractivity contribution in [1.29, 1.82) is 0 Å². The summed E-state index contributed by atoms with van der Waals surface area (Å²) in [6.45, 7) is 3.22. The average Bonchev–Trinajstić information content (AvgIpc) is 2.76. The first-order valence-electron chi connectivity index (χ1n) is 10.4. The number of ether oxygens (including phenoxy) is 1. The fraction of sp³-hybridized carbons (Fsp3) is 0.391. The molecule has 1 fully saturated rings. The Morgan fingerprint density at radius 1 is 1.13 bits per heavy atom. The van der Waals surface area contributed by atoms with E-state index in [0.717, 1.165) is 12.1 Å². The first-order valence-corrected chi connectivity index (χ1v) is 10.4. The Hall–Kier alpha value is -3.42. The minimum atomic E-state index is -1.44. The maximum absolute atomic E-state index is 11.6. The minimum absolute atomic E-state index is 0.0962. The van der Waals surface area contributed by atoms with Crippen LogP contribution in [0, 0.1) is 10.1 Å². The molecule has 1 N–H and O–H groups in total. The molecule has 3 rings (SSSR count). The second-order valence-electron chi connectivity index (χ2n) is 7.87. The number of benzene rings is 2. The third kappa shape index (κ3) is 5.39. The number of ketones is 1. The van der Waals surface area contributed by atoms with Gasteiger partial charge in [-0.05, 0) is 36.2 Å². The first-order chi connectivity index (χ1) is 14.8. The molecule has 1 aliphatic heterocycles. The van der Waals surface area contributed by atoms with Crippen LogP contribution in [0.3, 0.4) is 0 Å². The molecule has 31 heavy (non-hydrogen) atoms. The van der Waals surface area contributed by atoms with Gasteiger partial charge in [0.2, 0.25) is 11.3 Å². The average molecular weight is 426 g/mol. The van der Waals surface area contributed by atoms with E-state index in [2.05, 4.69) is 4.90 Å². The van der Waals surface area contributed by atoms with Crippen molar-refractivity contribution in [3.8, 4) is 11.5 Å². The zero-order chi connectivity index (χ0) is 22.4. The van der Waals surface area contributed by atoms with Gasteiger partial charge in [-0.1, -0.05) is 25.1 Å². The summed E-state index contributed by atoms with van der Waals surface area (Å²) < 4.78 is 5.90. The molecule has 0 amide bonds. The van der Waals surface area contributed by atoms with Gasteiger partial charge in [0.05, 0.1) is 0 Å². The van der Waals surface area contributed by atoms with Gasteiger partial charge in [0, 0.05) is 55.4 Å². The molecule has 0 aliphatic carbocycles. The summed E-state index contributed by atoms with van der Waals surface area (Å²) in [5.41, 5.74) is 0.737. The number of carboxylic acid groups (broad SMARTS) is 1. The van der Waals surface area contributed by atoms with Crippen LogP contribution < -0.4 is 9.64 Å². The maximum Gasteiger partial charge on any atom is 0.372 e. The Labute approximate surface area is 180 Å². The molecule has 1 aliphatic rings. The van der Waals surface area contributed by atoms with Crippen LogP contribution in [0.4, 0.5) is 5.69 Å². The largest absolute Gasteiger partial charge is 0.475 e. The molecule has 0 radical (unpaired) electrons. The molecule has 0 saturated carbocycles. The van der Waals surface area contributed by atoms with Gasteiger partial charge in [-0.25, -0.2) is 4.79 Å². The molecule has 0 atom stereocenters. The molecule has 0 spiro atoms. The highest BCUT2D eigenvalue weighted by molar-refractivity contribution is 6.33. The third-order valence-corrected chi connectivity index (χ3v) is 5.74. The molecular formula is C23H26N2O6. The van der Waals surface area contributed by atoms with Crippen molar-refractivity contribution in [1.82, 2.24) is 0 Å². The van der Waals surface area contributed by atoms with E-state index < -0.39 is 17.3 Å². The van der Waals surface area contributed by atoms with Gasteiger partial charge >= 0.3 is 5.97 Å². The van der Waals surface area contributed by atoms with E-state index in [0.29, 0.717) is 49.4 Å². The van der Waals surface area contributed by atoms with Gasteiger partial charge in [0.25, 0.3) is 0 Å². The van der Waals surface area contributed by atoms with Gasteiger partial charge in [-0.2, -0.15) is 0 Å². The van der Waals surface area contributed by atoms with Crippen LogP contribution >= 0.6 is 0 Å². The summed E-state index contributed by atoms with van der Waals surface area (Å²) in [6, 6.07) is 14.3. The normalized spacial score (nSPS) is 15.3. The number of anilines is 1. The lowest BCUT2D eigenvalue weighted by Crippen LogP contribution is -2.49. The van der Waals surface area contributed by atoms with E-state index in [4.69, 9.17) is 9.84 Å². The van der Waals surface area contributed by atoms with Crippen molar-refractivity contribution < 1.29 is 24.4 Å². The molecule has 8 nitrogen and oxygen atoms in total. The van der Waals surface area contributed by atoms with Crippen LogP contribution in [0.1, 0.15) is 38.2 Å². The van der Waals surface area contributed by atoms with E-state index in [9.17, 15) is 19.7 Å². The van der Waals surface area contributed by atoms with Crippen molar-refractivity contribution in [2.24, 2.45) is 0 Å². The van der Waals surface area contributed by atoms with Crippen molar-refractivity contribution in [3.63, 3.8) is 0 Å². The zero-order valence-corrected chi connectivity index (χ0v) is 17.5. The summed E-state index contributed by atoms with van der Waals surface area (Å²) in [4.78, 5) is 35.6. The second-order valence-corrected chi connectivity index (χ2v) is 7.87. The number of hydrogen-bond acceptors (Lipinski definition) is 6. The molecule has 0 aromatic heterocycles. The minimum Gasteiger partial charge on any atom is -0.475 e. The Balaban J connectivity index is 1.64. The molecule has 0 bridgehead atoms. The van der Waals surface area contributed by atoms with Gasteiger partial charge in [-0.3, -0.25) is 14.9 Å². The van der Waals surface area contributed by atoms with Gasteiger partial charge in [-0.15, -0.1) is 0 Å². The van der Waals surface area contributed by atoms with Crippen LogP contribution in [0.2, 0.25) is 0 Å². The lowest BCUT2D eigenvalue weighted by Gasteiger charge is -2.37. The lowest BCUT2D eigenvalue weighted by molar-refractivity contribution is -0.574. The summed E-state index contributed by atoms with van der Waals surface area (Å²) in [6.07, 6.45) is 2.28. The summed E-state index contributed by atoms with van der Waals surface area (Å²) >= 11 is 0. The molecule has 1 heterocycles. The number of carbonyl (C=O) groups excluding carboxylic acids is 1. The highest BCUT2D eigenvalue weighted by Crippen LogP contribution is 2.34. The highest BCUT2D eigenvalue weighted by Gasteiger charge is 2.44. The van der Waals surface area contributed by atoms with E-state index in [1.165, 1.54) is 0 Å². The Bertz CT molecular complexity index is 949. The number of Topliss-reactive ketones (excluding diaryl/α,β-unsaturated/α-hetero) is 1. The number of hydrogen-bond donors (Lipinski definition) is 1. The third-order valence-electron chi connectivity index (χ3n) is 5.74. The second kappa shape index (κ2) is 9.59. The predicted molar refractivity (Wildman–Crippen MR) is 115 cm³/mol.